The van der Waals surface area contributed by atoms with Gasteiger partial charge in [0.25, 0.3) is 5.56 Å². The van der Waals surface area contributed by atoms with Gasteiger partial charge in [-0.1, -0.05) is 25.0 Å². The maximum atomic E-state index is 13.1. The Morgan fingerprint density at radius 2 is 1.76 bits per heavy atom. The van der Waals surface area contributed by atoms with E-state index in [1.54, 1.807) is 17.0 Å². The van der Waals surface area contributed by atoms with Crippen LogP contribution in [-0.4, -0.2) is 28.0 Å². The topological polar surface area (TPSA) is 42.3 Å². The number of carbonyl (C=O) groups excluding carboxylic acids is 1. The maximum absolute atomic E-state index is 13.1. The van der Waals surface area contributed by atoms with Crippen molar-refractivity contribution in [2.75, 3.05) is 6.54 Å². The smallest absolute Gasteiger partial charge is 0.338 e. The fourth-order valence-electron chi connectivity index (χ4n) is 3.74. The minimum atomic E-state index is -4.77. The van der Waals surface area contributed by atoms with Gasteiger partial charge in [-0.3, -0.25) is 9.59 Å². The van der Waals surface area contributed by atoms with Crippen LogP contribution in [0.15, 0.2) is 47.4 Å². The van der Waals surface area contributed by atoms with Crippen molar-refractivity contribution in [3.05, 3.63) is 69.9 Å². The largest absolute Gasteiger partial charge is 0.421 e. The normalized spacial score (nSPS) is 14.9. The molecule has 4 nitrogen and oxygen atoms in total. The predicted molar refractivity (Wildman–Crippen MR) is 99.8 cm³/mol. The summed E-state index contributed by atoms with van der Waals surface area (Å²) in [6.07, 6.45) is 0.543. The summed E-state index contributed by atoms with van der Waals surface area (Å²) in [4.78, 5) is 26.7. The molecule has 1 saturated carbocycles. The molecule has 2 aromatic rings. The Bertz CT molecular complexity index is 900. The zero-order chi connectivity index (χ0) is 21.0. The number of hydrogen-bond acceptors (Lipinski definition) is 2. The Kier molecular flexibility index (Phi) is 6.39. The van der Waals surface area contributed by atoms with Crippen molar-refractivity contribution < 1.29 is 22.4 Å². The SMILES string of the molecule is O=C(Cn1cccc(C(F)(F)F)c1=O)N(CCc1ccc(F)cc1)C1CCCC1. The van der Waals surface area contributed by atoms with E-state index in [0.29, 0.717) is 19.0 Å². The van der Waals surface area contributed by atoms with Crippen LogP contribution in [0.25, 0.3) is 0 Å². The third-order valence-corrected chi connectivity index (χ3v) is 5.27. The van der Waals surface area contributed by atoms with Crippen molar-refractivity contribution in [2.24, 2.45) is 0 Å². The molecule has 1 aliphatic rings. The zero-order valence-electron chi connectivity index (χ0n) is 15.8. The number of benzene rings is 1. The number of alkyl halides is 3. The molecule has 1 fully saturated rings. The fourth-order valence-corrected chi connectivity index (χ4v) is 3.74. The molecule has 156 valence electrons. The molecule has 29 heavy (non-hydrogen) atoms. The highest BCUT2D eigenvalue weighted by molar-refractivity contribution is 5.76. The van der Waals surface area contributed by atoms with Gasteiger partial charge in [-0.15, -0.1) is 0 Å². The van der Waals surface area contributed by atoms with Gasteiger partial charge in [-0.05, 0) is 49.1 Å². The Hall–Kier alpha value is -2.64. The molecule has 0 bridgehead atoms. The lowest BCUT2D eigenvalue weighted by Crippen LogP contribution is -2.43. The molecule has 0 atom stereocenters. The van der Waals surface area contributed by atoms with Gasteiger partial charge in [0.05, 0.1) is 0 Å². The molecule has 3 rings (SSSR count). The second kappa shape index (κ2) is 8.80. The Labute approximate surface area is 165 Å². The molecule has 1 aromatic carbocycles. The van der Waals surface area contributed by atoms with Crippen LogP contribution in [0.1, 0.15) is 36.8 Å². The van der Waals surface area contributed by atoms with Crippen LogP contribution in [-0.2, 0) is 23.9 Å². The first kappa shape index (κ1) is 21.1. The van der Waals surface area contributed by atoms with E-state index in [9.17, 15) is 27.2 Å². The van der Waals surface area contributed by atoms with Crippen LogP contribution in [0.3, 0.4) is 0 Å². The Balaban J connectivity index is 1.76. The summed E-state index contributed by atoms with van der Waals surface area (Å²) in [6.45, 7) is -0.0779. The van der Waals surface area contributed by atoms with Gasteiger partial charge in [0.2, 0.25) is 5.91 Å². The highest BCUT2D eigenvalue weighted by atomic mass is 19.4. The monoisotopic (exact) mass is 410 g/mol. The van der Waals surface area contributed by atoms with Crippen molar-refractivity contribution in [1.82, 2.24) is 9.47 Å². The average Bonchev–Trinajstić information content (AvgIpc) is 3.18. The van der Waals surface area contributed by atoms with E-state index in [2.05, 4.69) is 0 Å². The number of carbonyl (C=O) groups is 1. The fraction of sp³-hybridized carbons (Fsp3) is 0.429. The molecule has 8 heteroatoms. The van der Waals surface area contributed by atoms with E-state index in [0.717, 1.165) is 41.9 Å². The van der Waals surface area contributed by atoms with E-state index in [4.69, 9.17) is 0 Å². The highest BCUT2D eigenvalue weighted by Gasteiger charge is 2.34. The quantitative estimate of drug-likeness (QED) is 0.675. The zero-order valence-corrected chi connectivity index (χ0v) is 15.8. The molecule has 0 saturated heterocycles. The molecule has 0 spiro atoms. The van der Waals surface area contributed by atoms with Crippen LogP contribution in [0, 0.1) is 5.82 Å². The van der Waals surface area contributed by atoms with Crippen LogP contribution < -0.4 is 5.56 Å². The molecule has 0 radical (unpaired) electrons. The Morgan fingerprint density at radius 1 is 1.10 bits per heavy atom. The van der Waals surface area contributed by atoms with Gasteiger partial charge in [-0.25, -0.2) is 4.39 Å². The van der Waals surface area contributed by atoms with Gasteiger partial charge in [0.15, 0.2) is 0 Å². The second-order valence-electron chi connectivity index (χ2n) is 7.25. The van der Waals surface area contributed by atoms with Crippen molar-refractivity contribution in [3.63, 3.8) is 0 Å². The predicted octanol–water partition coefficient (Wildman–Crippen LogP) is 4.02. The number of nitrogens with zero attached hydrogens (tertiary/aromatic N) is 2. The number of hydrogen-bond donors (Lipinski definition) is 0. The van der Waals surface area contributed by atoms with E-state index in [1.165, 1.54) is 18.3 Å². The summed E-state index contributed by atoms with van der Waals surface area (Å²) in [5.41, 5.74) is -1.65. The second-order valence-corrected chi connectivity index (χ2v) is 7.25. The third kappa shape index (κ3) is 5.25. The average molecular weight is 410 g/mol. The standard InChI is InChI=1S/C21H22F4N2O2/c22-16-9-7-15(8-10-16)11-13-27(17-4-1-2-5-17)19(28)14-26-12-3-6-18(20(26)29)21(23,24)25/h3,6-10,12,17H,1-2,4-5,11,13-14H2. The van der Waals surface area contributed by atoms with Gasteiger partial charge in [0, 0.05) is 18.8 Å². The van der Waals surface area contributed by atoms with E-state index < -0.39 is 23.8 Å². The number of rotatable bonds is 6. The third-order valence-electron chi connectivity index (χ3n) is 5.27. The minimum Gasteiger partial charge on any atom is -0.338 e. The van der Waals surface area contributed by atoms with E-state index >= 15 is 0 Å². The van der Waals surface area contributed by atoms with Gasteiger partial charge in [-0.2, -0.15) is 13.2 Å². The minimum absolute atomic E-state index is 0.00412. The first-order chi connectivity index (χ1) is 13.8. The van der Waals surface area contributed by atoms with Crippen molar-refractivity contribution in [1.29, 1.82) is 0 Å². The maximum Gasteiger partial charge on any atom is 0.421 e. The lowest BCUT2D eigenvalue weighted by Gasteiger charge is -2.29. The molecule has 1 aromatic heterocycles. The molecule has 0 unspecified atom stereocenters. The summed E-state index contributed by atoms with van der Waals surface area (Å²) in [5, 5.41) is 0. The number of aromatic nitrogens is 1. The van der Waals surface area contributed by atoms with E-state index in [-0.39, 0.29) is 17.8 Å². The van der Waals surface area contributed by atoms with Gasteiger partial charge < -0.3 is 9.47 Å². The summed E-state index contributed by atoms with van der Waals surface area (Å²) >= 11 is 0. The molecule has 1 heterocycles. The summed E-state index contributed by atoms with van der Waals surface area (Å²) in [6, 6.07) is 7.82. The van der Waals surface area contributed by atoms with Crippen LogP contribution in [0.5, 0.6) is 0 Å². The summed E-state index contributed by atoms with van der Waals surface area (Å²) < 4.78 is 52.8. The Morgan fingerprint density at radius 3 is 2.38 bits per heavy atom. The van der Waals surface area contributed by atoms with Crippen molar-refractivity contribution in [2.45, 2.75) is 50.9 Å². The van der Waals surface area contributed by atoms with Crippen LogP contribution in [0.2, 0.25) is 0 Å². The molecule has 0 N–H and O–H groups in total. The van der Waals surface area contributed by atoms with E-state index in [1.807, 2.05) is 0 Å². The van der Waals surface area contributed by atoms with Crippen molar-refractivity contribution >= 4 is 5.91 Å². The van der Waals surface area contributed by atoms with Crippen LogP contribution >= 0.6 is 0 Å². The van der Waals surface area contributed by atoms with Crippen molar-refractivity contribution in [3.8, 4) is 0 Å². The molecule has 1 amide bonds. The van der Waals surface area contributed by atoms with Gasteiger partial charge in [0.1, 0.15) is 17.9 Å². The molecular formula is C21H22F4N2O2. The van der Waals surface area contributed by atoms with Crippen LogP contribution in [0.4, 0.5) is 17.6 Å². The number of halogens is 4. The highest BCUT2D eigenvalue weighted by Crippen LogP contribution is 2.26. The molecule has 0 aliphatic heterocycles. The summed E-state index contributed by atoms with van der Waals surface area (Å²) in [5.74, 6) is -0.734. The molecule has 1 aliphatic carbocycles. The first-order valence-corrected chi connectivity index (χ1v) is 9.56. The lowest BCUT2D eigenvalue weighted by atomic mass is 10.1. The summed E-state index contributed by atoms with van der Waals surface area (Å²) in [7, 11) is 0. The number of pyridine rings is 1. The first-order valence-electron chi connectivity index (χ1n) is 9.56. The number of amides is 1. The lowest BCUT2D eigenvalue weighted by molar-refractivity contribution is -0.140. The molecular weight excluding hydrogens is 388 g/mol. The van der Waals surface area contributed by atoms with Gasteiger partial charge >= 0.3 is 6.18 Å².